The van der Waals surface area contributed by atoms with Gasteiger partial charge in [0.25, 0.3) is 0 Å². The van der Waals surface area contributed by atoms with Gasteiger partial charge in [0.2, 0.25) is 11.8 Å². The molecule has 120 valence electrons. The molecule has 0 aliphatic carbocycles. The van der Waals surface area contributed by atoms with Crippen LogP contribution in [0.1, 0.15) is 11.1 Å². The van der Waals surface area contributed by atoms with Gasteiger partial charge in [-0.25, -0.2) is 4.79 Å². The lowest BCUT2D eigenvalue weighted by molar-refractivity contribution is -0.137. The number of hydrogen-bond donors (Lipinski definition) is 4. The van der Waals surface area contributed by atoms with Crippen molar-refractivity contribution < 1.29 is 27.6 Å². The zero-order valence-corrected chi connectivity index (χ0v) is 11.1. The molecule has 0 unspecified atom stereocenters. The summed E-state index contributed by atoms with van der Waals surface area (Å²) < 4.78 is 37.5. The first kappa shape index (κ1) is 17.3. The van der Waals surface area contributed by atoms with Gasteiger partial charge in [0.1, 0.15) is 0 Å². The van der Waals surface area contributed by atoms with Gasteiger partial charge in [0.05, 0.1) is 5.56 Å². The maximum absolute atomic E-state index is 12.5. The van der Waals surface area contributed by atoms with E-state index in [-0.39, 0.29) is 12.1 Å². The van der Waals surface area contributed by atoms with Crippen molar-refractivity contribution in [3.8, 4) is 0 Å². The Kier molecular flexibility index (Phi) is 5.33. The van der Waals surface area contributed by atoms with Gasteiger partial charge in [-0.3, -0.25) is 9.59 Å². The molecule has 0 saturated carbocycles. The molecule has 1 aromatic rings. The van der Waals surface area contributed by atoms with Gasteiger partial charge in [-0.2, -0.15) is 13.2 Å². The lowest BCUT2D eigenvalue weighted by atomic mass is 10.1. The van der Waals surface area contributed by atoms with Gasteiger partial charge in [-0.1, -0.05) is 12.1 Å². The van der Waals surface area contributed by atoms with Crippen molar-refractivity contribution >= 4 is 17.8 Å². The van der Waals surface area contributed by atoms with Crippen LogP contribution in [0.5, 0.6) is 0 Å². The second-order valence-electron chi connectivity index (χ2n) is 4.26. The van der Waals surface area contributed by atoms with Crippen molar-refractivity contribution in [3.05, 3.63) is 35.4 Å². The average molecular weight is 318 g/mol. The summed E-state index contributed by atoms with van der Waals surface area (Å²) in [4.78, 5) is 33.2. The number of carbonyl (C=O) groups is 3. The van der Waals surface area contributed by atoms with E-state index >= 15 is 0 Å². The van der Waals surface area contributed by atoms with E-state index in [0.29, 0.717) is 0 Å². The molecule has 1 aromatic carbocycles. The molecule has 0 aromatic heterocycles. The predicted octanol–water partition coefficient (Wildman–Crippen LogP) is -0.156. The summed E-state index contributed by atoms with van der Waals surface area (Å²) in [7, 11) is 0. The Labute approximate surface area is 122 Å². The zero-order valence-electron chi connectivity index (χ0n) is 11.1. The number of primary amides is 2. The van der Waals surface area contributed by atoms with Gasteiger partial charge in [0.15, 0.2) is 6.04 Å². The van der Waals surface area contributed by atoms with E-state index < -0.39 is 35.6 Å². The Morgan fingerprint density at radius 1 is 1.14 bits per heavy atom. The summed E-state index contributed by atoms with van der Waals surface area (Å²) in [5.41, 5.74) is 9.03. The van der Waals surface area contributed by atoms with Crippen molar-refractivity contribution in [1.29, 1.82) is 0 Å². The van der Waals surface area contributed by atoms with Crippen LogP contribution in [0, 0.1) is 0 Å². The molecule has 22 heavy (non-hydrogen) atoms. The Hall–Kier alpha value is -2.78. The van der Waals surface area contributed by atoms with Gasteiger partial charge in [-0.15, -0.1) is 0 Å². The van der Waals surface area contributed by atoms with Crippen molar-refractivity contribution in [3.63, 3.8) is 0 Å². The molecule has 0 spiro atoms. The number of halogens is 3. The number of rotatable bonds is 5. The predicted molar refractivity (Wildman–Crippen MR) is 69.0 cm³/mol. The Balaban J connectivity index is 2.65. The highest BCUT2D eigenvalue weighted by molar-refractivity contribution is 6.05. The lowest BCUT2D eigenvalue weighted by Gasteiger charge is -2.13. The largest absolute Gasteiger partial charge is 0.416 e. The molecule has 0 fully saturated rings. The summed E-state index contributed by atoms with van der Waals surface area (Å²) in [5, 5.41) is 4.09. The topological polar surface area (TPSA) is 127 Å². The molecule has 4 amide bonds. The van der Waals surface area contributed by atoms with Crippen LogP contribution in [0.3, 0.4) is 0 Å². The molecule has 0 aliphatic heterocycles. The number of benzene rings is 1. The fourth-order valence-corrected chi connectivity index (χ4v) is 1.50. The molecular weight excluding hydrogens is 305 g/mol. The molecule has 10 heteroatoms. The highest BCUT2D eigenvalue weighted by Crippen LogP contribution is 2.29. The number of nitrogens with one attached hydrogen (secondary N) is 2. The van der Waals surface area contributed by atoms with E-state index in [0.717, 1.165) is 12.1 Å². The Bertz CT molecular complexity index is 575. The fraction of sp³-hybridized carbons (Fsp3) is 0.250. The lowest BCUT2D eigenvalue weighted by Crippen LogP contribution is -2.54. The van der Waals surface area contributed by atoms with Gasteiger partial charge in [0, 0.05) is 6.54 Å². The molecule has 0 atom stereocenters. The van der Waals surface area contributed by atoms with Gasteiger partial charge in [-0.05, 0) is 17.7 Å². The molecule has 0 heterocycles. The van der Waals surface area contributed by atoms with Crippen molar-refractivity contribution in [2.45, 2.75) is 18.8 Å². The molecule has 0 saturated heterocycles. The second-order valence-corrected chi connectivity index (χ2v) is 4.26. The number of alkyl halides is 3. The molecule has 7 nitrogen and oxygen atoms in total. The van der Waals surface area contributed by atoms with Crippen LogP contribution in [0.15, 0.2) is 24.3 Å². The van der Waals surface area contributed by atoms with Crippen molar-refractivity contribution in [2.24, 2.45) is 11.5 Å². The van der Waals surface area contributed by atoms with Crippen LogP contribution in [0.2, 0.25) is 0 Å². The first-order chi connectivity index (χ1) is 10.1. The van der Waals surface area contributed by atoms with Crippen LogP contribution < -0.4 is 22.1 Å². The summed E-state index contributed by atoms with van der Waals surface area (Å²) in [5.74, 6) is -2.30. The van der Waals surface area contributed by atoms with E-state index in [2.05, 4.69) is 5.32 Å². The third kappa shape index (κ3) is 4.96. The Morgan fingerprint density at radius 3 is 2.23 bits per heavy atom. The van der Waals surface area contributed by atoms with Crippen LogP contribution in [0.4, 0.5) is 18.0 Å². The summed E-state index contributed by atoms with van der Waals surface area (Å²) in [6.45, 7) is -0.250. The van der Waals surface area contributed by atoms with E-state index in [1.54, 1.807) is 0 Å². The van der Waals surface area contributed by atoms with E-state index in [1.165, 1.54) is 12.1 Å². The Morgan fingerprint density at radius 2 is 1.73 bits per heavy atom. The summed E-state index contributed by atoms with van der Waals surface area (Å²) in [6, 6.07) is 1.63. The van der Waals surface area contributed by atoms with Crippen molar-refractivity contribution in [2.75, 3.05) is 0 Å². The minimum Gasteiger partial charge on any atom is -0.367 e. The van der Waals surface area contributed by atoms with Gasteiger partial charge >= 0.3 is 12.2 Å². The van der Waals surface area contributed by atoms with Crippen LogP contribution in [0.25, 0.3) is 0 Å². The quantitative estimate of drug-likeness (QED) is 0.563. The molecule has 0 bridgehead atoms. The standard InChI is InChI=1S/C12H13F3N4O3/c13-12(14,15)7-3-1-2-6(4-7)5-18-11(22)19-8(9(16)20)10(17)21/h1-4,8H,5H2,(H2,16,20)(H2,17,21)(H2,18,19,22). The third-order valence-corrected chi connectivity index (χ3v) is 2.55. The third-order valence-electron chi connectivity index (χ3n) is 2.55. The zero-order chi connectivity index (χ0) is 16.9. The van der Waals surface area contributed by atoms with Crippen molar-refractivity contribution in [1.82, 2.24) is 10.6 Å². The number of nitrogens with two attached hydrogens (primary N) is 2. The van der Waals surface area contributed by atoms with E-state index in [1.807, 2.05) is 5.32 Å². The first-order valence-corrected chi connectivity index (χ1v) is 5.90. The van der Waals surface area contributed by atoms with E-state index in [4.69, 9.17) is 11.5 Å². The highest BCUT2D eigenvalue weighted by atomic mass is 19.4. The molecule has 0 radical (unpaired) electrons. The monoisotopic (exact) mass is 318 g/mol. The molecule has 6 N–H and O–H groups in total. The normalized spacial score (nSPS) is 11.1. The smallest absolute Gasteiger partial charge is 0.367 e. The number of amides is 4. The highest BCUT2D eigenvalue weighted by Gasteiger charge is 2.30. The SMILES string of the molecule is NC(=O)C(NC(=O)NCc1cccc(C(F)(F)F)c1)C(N)=O. The molecule has 0 aliphatic rings. The maximum atomic E-state index is 12.5. The number of hydrogen-bond acceptors (Lipinski definition) is 3. The van der Waals surface area contributed by atoms with Crippen LogP contribution in [-0.2, 0) is 22.3 Å². The van der Waals surface area contributed by atoms with Crippen LogP contribution in [-0.4, -0.2) is 23.9 Å². The number of carbonyl (C=O) groups excluding carboxylic acids is 3. The number of urea groups is 1. The molecule has 1 rings (SSSR count). The summed E-state index contributed by atoms with van der Waals surface area (Å²) in [6.07, 6.45) is -4.50. The van der Waals surface area contributed by atoms with Gasteiger partial charge < -0.3 is 22.1 Å². The minimum absolute atomic E-state index is 0.180. The van der Waals surface area contributed by atoms with Crippen LogP contribution >= 0.6 is 0 Å². The minimum atomic E-state index is -4.50. The second kappa shape index (κ2) is 6.78. The molecular formula is C12H13F3N4O3. The summed E-state index contributed by atoms with van der Waals surface area (Å²) >= 11 is 0. The fourth-order valence-electron chi connectivity index (χ4n) is 1.50. The maximum Gasteiger partial charge on any atom is 0.416 e. The van der Waals surface area contributed by atoms with E-state index in [9.17, 15) is 27.6 Å². The first-order valence-electron chi connectivity index (χ1n) is 5.90. The average Bonchev–Trinajstić information content (AvgIpc) is 2.41.